The number of hydrogen-bond donors (Lipinski definition) is 1. The highest BCUT2D eigenvalue weighted by Gasteiger charge is 2.32. The van der Waals surface area contributed by atoms with Crippen LogP contribution in [0, 0.1) is 5.82 Å². The van der Waals surface area contributed by atoms with Gasteiger partial charge in [-0.3, -0.25) is 14.2 Å². The van der Waals surface area contributed by atoms with Crippen LogP contribution in [-0.4, -0.2) is 62.9 Å². The molecule has 0 spiro atoms. The maximum absolute atomic E-state index is 13.2. The van der Waals surface area contributed by atoms with Crippen LogP contribution in [0.1, 0.15) is 16.1 Å². The van der Waals surface area contributed by atoms with Crippen LogP contribution in [0.3, 0.4) is 0 Å². The molecule has 1 amide bonds. The number of hydrogen-bond acceptors (Lipinski definition) is 7. The number of aromatic hydroxyl groups is 1. The highest BCUT2D eigenvalue weighted by atomic mass is 19.1. The molecule has 5 rings (SSSR count). The van der Waals surface area contributed by atoms with Crippen molar-refractivity contribution < 1.29 is 19.0 Å². The van der Waals surface area contributed by atoms with E-state index < -0.39 is 28.7 Å². The maximum Gasteiger partial charge on any atom is 0.336 e. The molecule has 34 heavy (non-hydrogen) atoms. The highest BCUT2D eigenvalue weighted by molar-refractivity contribution is 5.95. The van der Waals surface area contributed by atoms with Gasteiger partial charge in [0.1, 0.15) is 11.6 Å². The Morgan fingerprint density at radius 1 is 0.971 bits per heavy atom. The fraction of sp³-hybridized carbons (Fsp3) is 0.304. The fourth-order valence-corrected chi connectivity index (χ4v) is 4.21. The Labute approximate surface area is 193 Å². The van der Waals surface area contributed by atoms with Gasteiger partial charge in [0.05, 0.1) is 25.1 Å². The van der Waals surface area contributed by atoms with E-state index in [0.717, 1.165) is 9.13 Å². The van der Waals surface area contributed by atoms with E-state index in [1.807, 2.05) is 4.90 Å². The molecular weight excluding hydrogens is 445 g/mol. The summed E-state index contributed by atoms with van der Waals surface area (Å²) in [5.74, 6) is -1.15. The monoisotopic (exact) mass is 467 g/mol. The lowest BCUT2D eigenvalue weighted by molar-refractivity contribution is 0.0678. The van der Waals surface area contributed by atoms with E-state index in [1.54, 1.807) is 24.3 Å². The Hall–Kier alpha value is -3.99. The molecule has 3 aromatic rings. The molecule has 0 saturated carbocycles. The third kappa shape index (κ3) is 3.83. The highest BCUT2D eigenvalue weighted by Crippen LogP contribution is 2.21. The topological polar surface area (TPSA) is 110 Å². The largest absolute Gasteiger partial charge is 0.501 e. The van der Waals surface area contributed by atoms with Gasteiger partial charge in [0.25, 0.3) is 5.91 Å². The van der Waals surface area contributed by atoms with Gasteiger partial charge in [0.15, 0.2) is 5.69 Å². The Kier molecular flexibility index (Phi) is 5.62. The summed E-state index contributed by atoms with van der Waals surface area (Å²) >= 11 is 0. The van der Waals surface area contributed by atoms with Gasteiger partial charge in [-0.25, -0.2) is 18.7 Å². The van der Waals surface area contributed by atoms with Crippen LogP contribution in [-0.2, 0) is 17.8 Å². The zero-order valence-corrected chi connectivity index (χ0v) is 18.2. The molecule has 10 nitrogen and oxygen atoms in total. The number of pyridine rings is 1. The molecule has 176 valence electrons. The molecule has 0 aliphatic carbocycles. The molecule has 0 bridgehead atoms. The number of morpholine rings is 1. The van der Waals surface area contributed by atoms with Crippen molar-refractivity contribution in [2.24, 2.45) is 0 Å². The average molecular weight is 467 g/mol. The Morgan fingerprint density at radius 2 is 1.71 bits per heavy atom. The number of aromatic nitrogens is 3. The van der Waals surface area contributed by atoms with E-state index >= 15 is 0 Å². The van der Waals surface area contributed by atoms with Crippen molar-refractivity contribution in [2.75, 3.05) is 37.7 Å². The van der Waals surface area contributed by atoms with Crippen LogP contribution in [0.25, 0.3) is 5.69 Å². The number of halogens is 1. The quantitative estimate of drug-likeness (QED) is 0.603. The van der Waals surface area contributed by atoms with E-state index in [1.165, 1.54) is 23.2 Å². The van der Waals surface area contributed by atoms with E-state index in [0.29, 0.717) is 37.7 Å². The molecule has 0 radical (unpaired) electrons. The van der Waals surface area contributed by atoms with Gasteiger partial charge in [-0.05, 0) is 29.8 Å². The predicted octanol–water partition coefficient (Wildman–Crippen LogP) is 0.732. The first-order chi connectivity index (χ1) is 16.4. The fourth-order valence-electron chi connectivity index (χ4n) is 4.21. The molecule has 2 aliphatic rings. The summed E-state index contributed by atoms with van der Waals surface area (Å²) in [4.78, 5) is 46.9. The van der Waals surface area contributed by atoms with Gasteiger partial charge >= 0.3 is 11.2 Å². The predicted molar refractivity (Wildman–Crippen MR) is 120 cm³/mol. The Morgan fingerprint density at radius 3 is 2.38 bits per heavy atom. The molecule has 2 aromatic heterocycles. The van der Waals surface area contributed by atoms with Crippen molar-refractivity contribution in [3.63, 3.8) is 0 Å². The van der Waals surface area contributed by atoms with Gasteiger partial charge < -0.3 is 19.6 Å². The summed E-state index contributed by atoms with van der Waals surface area (Å²) in [6, 6.07) is 8.96. The number of carbonyl (C=O) groups excluding carboxylic acids is 1. The summed E-state index contributed by atoms with van der Waals surface area (Å²) in [5, 5.41) is 10.6. The van der Waals surface area contributed by atoms with E-state index in [2.05, 4.69) is 4.98 Å². The van der Waals surface area contributed by atoms with Crippen LogP contribution in [0.2, 0.25) is 0 Å². The summed E-state index contributed by atoms with van der Waals surface area (Å²) in [5.41, 5.74) is -1.19. The van der Waals surface area contributed by atoms with Gasteiger partial charge in [-0.1, -0.05) is 12.1 Å². The van der Waals surface area contributed by atoms with Crippen molar-refractivity contribution >= 4 is 11.7 Å². The van der Waals surface area contributed by atoms with Crippen molar-refractivity contribution in [3.8, 4) is 11.4 Å². The first-order valence-corrected chi connectivity index (χ1v) is 10.9. The zero-order valence-electron chi connectivity index (χ0n) is 18.2. The minimum absolute atomic E-state index is 0.0915. The van der Waals surface area contributed by atoms with E-state index in [-0.39, 0.29) is 31.0 Å². The second-order valence-electron chi connectivity index (χ2n) is 8.10. The van der Waals surface area contributed by atoms with E-state index in [4.69, 9.17) is 4.74 Å². The summed E-state index contributed by atoms with van der Waals surface area (Å²) in [6.45, 7) is 2.99. The normalized spacial score (nSPS) is 16.0. The third-order valence-corrected chi connectivity index (χ3v) is 6.02. The zero-order chi connectivity index (χ0) is 23.8. The SMILES string of the molecule is O=C1c2c(O)c(=O)n(-c3ccc(N4CCOCC4)nc3)c(=O)n2CCN1Cc1ccc(F)cc1. The average Bonchev–Trinajstić information content (AvgIpc) is 2.86. The number of benzene rings is 1. The third-order valence-electron chi connectivity index (χ3n) is 6.02. The summed E-state index contributed by atoms with van der Waals surface area (Å²) < 4.78 is 20.4. The van der Waals surface area contributed by atoms with Crippen molar-refractivity contribution in [2.45, 2.75) is 13.1 Å². The number of ether oxygens (including phenoxy) is 1. The number of rotatable bonds is 4. The molecule has 1 fully saturated rings. The van der Waals surface area contributed by atoms with Crippen LogP contribution >= 0.6 is 0 Å². The molecular formula is C23H22FN5O5. The number of amides is 1. The number of anilines is 1. The minimum Gasteiger partial charge on any atom is -0.501 e. The first-order valence-electron chi connectivity index (χ1n) is 10.9. The molecule has 4 heterocycles. The van der Waals surface area contributed by atoms with Crippen LogP contribution < -0.4 is 16.1 Å². The number of carbonyl (C=O) groups is 1. The lowest BCUT2D eigenvalue weighted by Crippen LogP contribution is -2.49. The van der Waals surface area contributed by atoms with Gasteiger partial charge in [0, 0.05) is 32.7 Å². The molecule has 1 N–H and O–H groups in total. The smallest absolute Gasteiger partial charge is 0.336 e. The second-order valence-corrected chi connectivity index (χ2v) is 8.10. The van der Waals surface area contributed by atoms with Gasteiger partial charge in [0.2, 0.25) is 5.75 Å². The molecule has 2 aliphatic heterocycles. The number of nitrogens with zero attached hydrogens (tertiary/aromatic N) is 5. The minimum atomic E-state index is -0.992. The lowest BCUT2D eigenvalue weighted by Gasteiger charge is -2.30. The summed E-state index contributed by atoms with van der Waals surface area (Å²) in [6.07, 6.45) is 1.39. The van der Waals surface area contributed by atoms with Crippen LogP contribution in [0.5, 0.6) is 5.75 Å². The molecule has 1 saturated heterocycles. The Balaban J connectivity index is 1.47. The first kappa shape index (κ1) is 21.8. The molecule has 0 unspecified atom stereocenters. The lowest BCUT2D eigenvalue weighted by atomic mass is 10.1. The Bertz CT molecular complexity index is 1340. The standard InChI is InChI=1S/C23H22FN5O5/c24-16-3-1-15(2-4-16)14-27-7-8-28-19(21(27)31)20(30)22(32)29(23(28)33)17-5-6-18(25-13-17)26-9-11-34-12-10-26/h1-6,13,30H,7-12,14H2. The molecule has 1 aromatic carbocycles. The summed E-state index contributed by atoms with van der Waals surface area (Å²) in [7, 11) is 0. The second kappa shape index (κ2) is 8.75. The van der Waals surface area contributed by atoms with Crippen LogP contribution in [0.4, 0.5) is 10.2 Å². The van der Waals surface area contributed by atoms with Gasteiger partial charge in [-0.2, -0.15) is 0 Å². The van der Waals surface area contributed by atoms with Crippen LogP contribution in [0.15, 0.2) is 52.2 Å². The molecule has 11 heteroatoms. The van der Waals surface area contributed by atoms with Crippen molar-refractivity contribution in [1.29, 1.82) is 0 Å². The van der Waals surface area contributed by atoms with Crippen molar-refractivity contribution in [1.82, 2.24) is 19.0 Å². The van der Waals surface area contributed by atoms with Gasteiger partial charge in [-0.15, -0.1) is 0 Å². The maximum atomic E-state index is 13.2. The van der Waals surface area contributed by atoms with Crippen molar-refractivity contribution in [3.05, 3.63) is 80.5 Å². The van der Waals surface area contributed by atoms with E-state index in [9.17, 15) is 23.9 Å². The molecule has 0 atom stereocenters. The number of fused-ring (bicyclic) bond motifs is 1.